The fraction of sp³-hybridized carbons (Fsp3) is 0.390. The Morgan fingerprint density at radius 3 is 2.33 bits per heavy atom. The number of carbonyl (C=O) groups excluding carboxylic acids is 2. The van der Waals surface area contributed by atoms with E-state index in [2.05, 4.69) is 0 Å². The lowest BCUT2D eigenvalue weighted by atomic mass is 9.64. The Hall–Kier alpha value is -5.05. The molecular formula is C41H44O13. The van der Waals surface area contributed by atoms with E-state index in [0.29, 0.717) is 24.0 Å². The Morgan fingerprint density at radius 1 is 0.870 bits per heavy atom. The zero-order valence-corrected chi connectivity index (χ0v) is 29.4. The van der Waals surface area contributed by atoms with Crippen LogP contribution in [0, 0.1) is 11.8 Å². The van der Waals surface area contributed by atoms with E-state index < -0.39 is 84.1 Å². The molecule has 7 N–H and O–H groups in total. The van der Waals surface area contributed by atoms with Gasteiger partial charge in [0.15, 0.2) is 40.2 Å². The molecule has 1 saturated carbocycles. The third-order valence-corrected chi connectivity index (χ3v) is 10.8. The number of aliphatic hydroxyl groups is 2. The molecule has 7 atom stereocenters. The minimum atomic E-state index is -2.07. The van der Waals surface area contributed by atoms with Crippen molar-refractivity contribution in [1.82, 2.24) is 0 Å². The molecule has 13 nitrogen and oxygen atoms in total. The normalized spacial score (nSPS) is 28.1. The second kappa shape index (κ2) is 16.1. The fourth-order valence-electron chi connectivity index (χ4n) is 7.96. The minimum Gasteiger partial charge on any atom is -0.504 e. The van der Waals surface area contributed by atoms with E-state index >= 15 is 0 Å². The van der Waals surface area contributed by atoms with Crippen LogP contribution < -0.4 is 0 Å². The number of aromatic hydroxyl groups is 4. The monoisotopic (exact) mass is 744 g/mol. The second-order valence-corrected chi connectivity index (χ2v) is 14.3. The Morgan fingerprint density at radius 2 is 1.61 bits per heavy atom. The van der Waals surface area contributed by atoms with Crippen molar-refractivity contribution in [2.24, 2.45) is 11.8 Å². The number of fused-ring (bicyclic) bond motifs is 1. The number of aliphatic carboxylic acids is 1. The van der Waals surface area contributed by atoms with Crippen molar-refractivity contribution >= 4 is 29.7 Å². The van der Waals surface area contributed by atoms with Crippen molar-refractivity contribution in [3.05, 3.63) is 95.1 Å². The van der Waals surface area contributed by atoms with Gasteiger partial charge in [-0.1, -0.05) is 48.6 Å². The summed E-state index contributed by atoms with van der Waals surface area (Å²) in [6.45, 7) is -0.964. The minimum absolute atomic E-state index is 0.0895. The highest BCUT2D eigenvalue weighted by Gasteiger charge is 2.64. The number of aryl methyl sites for hydroxylation is 1. The highest BCUT2D eigenvalue weighted by Crippen LogP contribution is 2.51. The summed E-state index contributed by atoms with van der Waals surface area (Å²) in [6.07, 6.45) is 3.08. The third kappa shape index (κ3) is 8.05. The van der Waals surface area contributed by atoms with Crippen LogP contribution in [0.25, 0.3) is 12.2 Å². The van der Waals surface area contributed by atoms with E-state index in [4.69, 9.17) is 14.2 Å². The maximum atomic E-state index is 14.4. The van der Waals surface area contributed by atoms with Crippen LogP contribution in [0.4, 0.5) is 0 Å². The number of hydrogen-bond donors (Lipinski definition) is 7. The van der Waals surface area contributed by atoms with E-state index in [0.717, 1.165) is 11.6 Å². The first-order chi connectivity index (χ1) is 25.8. The molecule has 2 aliphatic heterocycles. The summed E-state index contributed by atoms with van der Waals surface area (Å²) in [5, 5.41) is 71.4. The number of carboxylic acid groups (broad SMARTS) is 1. The standard InChI is InChI=1S/C41H44O13/c42-21-28-18-34(47)33(46)17-27(28)10-13-36(49)40-15-14-30-37(54-40)38(52-22-26(19-40)7-6-24-4-2-1-3-5-24)35(48)20-41(30,39(50)51)53-23-29(43)11-8-25-9-12-31(44)32(45)16-25/h1-5,8-13,16-18,26,30,35,37-38,42,44-48H,6-7,14-15,19-23H2,(H,50,51)/t26-,30+,35-,37-,38-,40+,41+/m1/s1. The lowest BCUT2D eigenvalue weighted by Gasteiger charge is -2.56. The molecule has 6 rings (SSSR count). The average molecular weight is 745 g/mol. The number of benzene rings is 3. The van der Waals surface area contributed by atoms with Crippen molar-refractivity contribution in [1.29, 1.82) is 0 Å². The number of carboxylic acids is 1. The SMILES string of the molecule is O=C(C=Cc1ccc(O)c(O)c1)CO[C@@]1(C(=O)O)C[C@@H](O)[C@H]2OC[C@H](CCc3ccccc3)C[C@]3(C(=O)C=Cc4cc(O)c(O)cc4CO)CC[C@H]1[C@H]2O3. The van der Waals surface area contributed by atoms with E-state index in [-0.39, 0.29) is 48.8 Å². The fourth-order valence-corrected chi connectivity index (χ4v) is 7.96. The highest BCUT2D eigenvalue weighted by molar-refractivity contribution is 6.00. The van der Waals surface area contributed by atoms with Crippen LogP contribution in [0.5, 0.6) is 23.0 Å². The number of hydrogen-bond acceptors (Lipinski definition) is 12. The molecule has 286 valence electrons. The predicted octanol–water partition coefficient (Wildman–Crippen LogP) is 4.04. The van der Waals surface area contributed by atoms with Gasteiger partial charge in [0.2, 0.25) is 0 Å². The first-order valence-corrected chi connectivity index (χ1v) is 17.8. The van der Waals surface area contributed by atoms with Gasteiger partial charge in [0, 0.05) is 12.3 Å². The summed E-state index contributed by atoms with van der Waals surface area (Å²) in [4.78, 5) is 40.4. The highest BCUT2D eigenvalue weighted by atomic mass is 16.6. The Balaban J connectivity index is 1.28. The molecule has 0 aromatic heterocycles. The molecular weight excluding hydrogens is 700 g/mol. The number of rotatable bonds is 13. The summed E-state index contributed by atoms with van der Waals surface area (Å²) >= 11 is 0. The topological polar surface area (TPSA) is 221 Å². The van der Waals surface area contributed by atoms with Crippen LogP contribution >= 0.6 is 0 Å². The van der Waals surface area contributed by atoms with Gasteiger partial charge in [-0.25, -0.2) is 4.79 Å². The van der Waals surface area contributed by atoms with Gasteiger partial charge in [-0.2, -0.15) is 0 Å². The molecule has 0 spiro atoms. The number of phenolic OH excluding ortho intramolecular Hbond substituents is 4. The Labute approximate surface area is 311 Å². The van der Waals surface area contributed by atoms with Crippen LogP contribution in [0.3, 0.4) is 0 Å². The maximum Gasteiger partial charge on any atom is 0.336 e. The van der Waals surface area contributed by atoms with Crippen LogP contribution in [-0.2, 0) is 41.6 Å². The number of ketones is 2. The van der Waals surface area contributed by atoms with E-state index in [1.807, 2.05) is 30.3 Å². The lowest BCUT2D eigenvalue weighted by Crippen LogP contribution is -2.70. The molecule has 54 heavy (non-hydrogen) atoms. The van der Waals surface area contributed by atoms with Crippen molar-refractivity contribution in [3.8, 4) is 23.0 Å². The van der Waals surface area contributed by atoms with E-state index in [9.17, 15) is 50.1 Å². The van der Waals surface area contributed by atoms with Crippen LogP contribution in [0.2, 0.25) is 0 Å². The van der Waals surface area contributed by atoms with Gasteiger partial charge < -0.3 is 50.0 Å². The first kappa shape index (κ1) is 38.7. The molecule has 1 aliphatic carbocycles. The summed E-state index contributed by atoms with van der Waals surface area (Å²) in [7, 11) is 0. The molecule has 3 aromatic carbocycles. The van der Waals surface area contributed by atoms with Gasteiger partial charge in [-0.05, 0) is 96.7 Å². The maximum absolute atomic E-state index is 14.4. The van der Waals surface area contributed by atoms with Crippen LogP contribution in [0.15, 0.2) is 72.8 Å². The van der Waals surface area contributed by atoms with Crippen molar-refractivity contribution in [2.45, 2.75) is 74.6 Å². The van der Waals surface area contributed by atoms with Crippen LogP contribution in [-0.4, -0.2) is 96.0 Å². The lowest BCUT2D eigenvalue weighted by molar-refractivity contribution is -0.288. The molecule has 3 fully saturated rings. The summed E-state index contributed by atoms with van der Waals surface area (Å²) < 4.78 is 19.0. The van der Waals surface area contributed by atoms with Crippen molar-refractivity contribution in [3.63, 3.8) is 0 Å². The molecule has 0 amide bonds. The zero-order chi connectivity index (χ0) is 38.6. The largest absolute Gasteiger partial charge is 0.504 e. The van der Waals surface area contributed by atoms with Gasteiger partial charge in [-0.15, -0.1) is 0 Å². The first-order valence-electron chi connectivity index (χ1n) is 17.8. The van der Waals surface area contributed by atoms with Crippen molar-refractivity contribution < 1.29 is 64.3 Å². The number of carbonyl (C=O) groups is 3. The molecule has 3 aliphatic rings. The average Bonchev–Trinajstić information content (AvgIpc) is 3.15. The molecule has 2 heterocycles. The number of phenols is 4. The Bertz CT molecular complexity index is 1920. The van der Waals surface area contributed by atoms with Gasteiger partial charge >= 0.3 is 5.97 Å². The molecule has 0 radical (unpaired) electrons. The predicted molar refractivity (Wildman–Crippen MR) is 193 cm³/mol. The summed E-state index contributed by atoms with van der Waals surface area (Å²) in [6, 6.07) is 16.2. The van der Waals surface area contributed by atoms with Crippen molar-refractivity contribution in [2.75, 3.05) is 13.2 Å². The molecule has 2 bridgehead atoms. The molecule has 0 unspecified atom stereocenters. The quantitative estimate of drug-likeness (QED) is 0.0972. The number of aliphatic hydroxyl groups excluding tert-OH is 2. The second-order valence-electron chi connectivity index (χ2n) is 14.3. The Kier molecular flexibility index (Phi) is 11.5. The summed E-state index contributed by atoms with van der Waals surface area (Å²) in [5.74, 6) is -5.12. The van der Waals surface area contributed by atoms with Gasteiger partial charge in [0.1, 0.15) is 18.3 Å². The molecule has 3 aromatic rings. The van der Waals surface area contributed by atoms with Gasteiger partial charge in [-0.3, -0.25) is 9.59 Å². The smallest absolute Gasteiger partial charge is 0.336 e. The van der Waals surface area contributed by atoms with E-state index in [1.54, 1.807) is 0 Å². The van der Waals surface area contributed by atoms with E-state index in [1.165, 1.54) is 48.6 Å². The van der Waals surface area contributed by atoms with Gasteiger partial charge in [0.05, 0.1) is 25.4 Å². The molecule has 13 heteroatoms. The van der Waals surface area contributed by atoms with Gasteiger partial charge in [0.25, 0.3) is 0 Å². The molecule has 2 saturated heterocycles. The zero-order valence-electron chi connectivity index (χ0n) is 29.4. The summed E-state index contributed by atoms with van der Waals surface area (Å²) in [5.41, 5.74) is -1.46. The third-order valence-electron chi connectivity index (χ3n) is 10.8. The van der Waals surface area contributed by atoms with Crippen LogP contribution in [0.1, 0.15) is 54.4 Å². The number of ether oxygens (including phenoxy) is 3.